The molecule has 2 aliphatic carbocycles. The lowest BCUT2D eigenvalue weighted by Gasteiger charge is -2.23. The Morgan fingerprint density at radius 3 is 2.37 bits per heavy atom. The predicted molar refractivity (Wildman–Crippen MR) is 79.9 cm³/mol. The fourth-order valence-corrected chi connectivity index (χ4v) is 4.07. The van der Waals surface area contributed by atoms with Crippen LogP contribution in [0.15, 0.2) is 36.4 Å². The fraction of sp³-hybridized carbons (Fsp3) is 0.444. The summed E-state index contributed by atoms with van der Waals surface area (Å²) in [5.41, 5.74) is 9.30. The molecule has 0 amide bonds. The minimum Gasteiger partial charge on any atom is -0.324 e. The predicted octanol–water partition coefficient (Wildman–Crippen LogP) is 4.19. The van der Waals surface area contributed by atoms with Crippen LogP contribution in [0.25, 0.3) is 10.8 Å². The Hall–Kier alpha value is -1.34. The van der Waals surface area contributed by atoms with Crippen molar-refractivity contribution in [1.29, 1.82) is 0 Å². The second-order valence-corrected chi connectivity index (χ2v) is 6.53. The Morgan fingerprint density at radius 2 is 1.63 bits per heavy atom. The molecular weight excluding hydrogens is 230 g/mol. The van der Waals surface area contributed by atoms with Gasteiger partial charge in [0.15, 0.2) is 0 Å². The van der Waals surface area contributed by atoms with Crippen LogP contribution < -0.4 is 5.73 Å². The van der Waals surface area contributed by atoms with E-state index in [4.69, 9.17) is 5.73 Å². The second-order valence-electron chi connectivity index (χ2n) is 6.53. The van der Waals surface area contributed by atoms with E-state index < -0.39 is 0 Å². The summed E-state index contributed by atoms with van der Waals surface area (Å²) in [7, 11) is 0. The first-order chi connectivity index (χ1) is 9.24. The van der Waals surface area contributed by atoms with Gasteiger partial charge in [0.05, 0.1) is 0 Å². The van der Waals surface area contributed by atoms with Crippen molar-refractivity contribution >= 4 is 10.8 Å². The van der Waals surface area contributed by atoms with Gasteiger partial charge in [0, 0.05) is 6.04 Å². The van der Waals surface area contributed by atoms with E-state index in [1.54, 1.807) is 0 Å². The number of aryl methyl sites for hydroxylation is 1. The van der Waals surface area contributed by atoms with Crippen molar-refractivity contribution in [3.8, 4) is 0 Å². The third kappa shape index (κ3) is 1.80. The van der Waals surface area contributed by atoms with Crippen molar-refractivity contribution in [3.63, 3.8) is 0 Å². The lowest BCUT2D eigenvalue weighted by atomic mass is 9.86. The molecule has 1 heteroatoms. The first-order valence-corrected chi connectivity index (χ1v) is 7.48. The zero-order valence-corrected chi connectivity index (χ0v) is 11.5. The summed E-state index contributed by atoms with van der Waals surface area (Å²) in [6.07, 6.45) is 4.18. The molecule has 0 radical (unpaired) electrons. The molecule has 4 rings (SSSR count). The molecule has 3 atom stereocenters. The Balaban J connectivity index is 1.76. The molecule has 2 fully saturated rings. The number of nitrogens with two attached hydrogens (primary N) is 1. The maximum absolute atomic E-state index is 6.60. The molecule has 2 N–H and O–H groups in total. The van der Waals surface area contributed by atoms with Gasteiger partial charge in [0.25, 0.3) is 0 Å². The highest BCUT2D eigenvalue weighted by atomic mass is 14.7. The van der Waals surface area contributed by atoms with Crippen molar-refractivity contribution < 1.29 is 0 Å². The molecule has 2 aliphatic rings. The largest absolute Gasteiger partial charge is 0.324 e. The van der Waals surface area contributed by atoms with E-state index in [9.17, 15) is 0 Å². The summed E-state index contributed by atoms with van der Waals surface area (Å²) in [6.45, 7) is 2.18. The average molecular weight is 251 g/mol. The minimum absolute atomic E-state index is 0.221. The number of rotatable bonds is 2. The van der Waals surface area contributed by atoms with Gasteiger partial charge in [-0.15, -0.1) is 0 Å². The second kappa shape index (κ2) is 4.08. The van der Waals surface area contributed by atoms with Gasteiger partial charge in [-0.05, 0) is 65.8 Å². The van der Waals surface area contributed by atoms with E-state index in [0.717, 1.165) is 11.8 Å². The van der Waals surface area contributed by atoms with Gasteiger partial charge in [-0.3, -0.25) is 0 Å². The zero-order valence-electron chi connectivity index (χ0n) is 11.5. The highest BCUT2D eigenvalue weighted by molar-refractivity contribution is 5.88. The van der Waals surface area contributed by atoms with Gasteiger partial charge >= 0.3 is 0 Å². The summed E-state index contributed by atoms with van der Waals surface area (Å²) in [5, 5.41) is 2.72. The van der Waals surface area contributed by atoms with E-state index in [-0.39, 0.29) is 6.04 Å². The van der Waals surface area contributed by atoms with Crippen molar-refractivity contribution in [2.45, 2.75) is 32.2 Å². The quantitative estimate of drug-likeness (QED) is 0.850. The number of fused-ring (bicyclic) bond motifs is 2. The summed E-state index contributed by atoms with van der Waals surface area (Å²) in [5.74, 6) is 2.72. The Kier molecular flexibility index (Phi) is 2.46. The van der Waals surface area contributed by atoms with Crippen molar-refractivity contribution in [3.05, 3.63) is 47.5 Å². The number of hydrogen-bond donors (Lipinski definition) is 1. The van der Waals surface area contributed by atoms with Crippen molar-refractivity contribution in [1.82, 2.24) is 0 Å². The maximum Gasteiger partial charge on any atom is 0.0329 e. The van der Waals surface area contributed by atoms with Gasteiger partial charge in [-0.25, -0.2) is 0 Å². The molecule has 0 heterocycles. The van der Waals surface area contributed by atoms with Gasteiger partial charge in [-0.1, -0.05) is 36.4 Å². The topological polar surface area (TPSA) is 26.0 Å². The van der Waals surface area contributed by atoms with Crippen LogP contribution in [0.5, 0.6) is 0 Å². The normalized spacial score (nSPS) is 30.3. The SMILES string of the molecule is Cc1ccc(C(N)C2CC3CC3C2)c2ccccc12. The highest BCUT2D eigenvalue weighted by Crippen LogP contribution is 2.57. The summed E-state index contributed by atoms with van der Waals surface area (Å²) < 4.78 is 0. The Labute approximate surface area is 114 Å². The van der Waals surface area contributed by atoms with E-state index >= 15 is 0 Å². The molecule has 3 unspecified atom stereocenters. The molecule has 2 aromatic carbocycles. The third-order valence-electron chi connectivity index (χ3n) is 5.32. The van der Waals surface area contributed by atoms with E-state index in [2.05, 4.69) is 43.3 Å². The molecule has 2 saturated carbocycles. The molecule has 0 aromatic heterocycles. The first kappa shape index (κ1) is 11.5. The van der Waals surface area contributed by atoms with Crippen LogP contribution in [0.4, 0.5) is 0 Å². The summed E-state index contributed by atoms with van der Waals surface area (Å²) in [4.78, 5) is 0. The van der Waals surface area contributed by atoms with Gasteiger partial charge in [0.2, 0.25) is 0 Å². The molecular formula is C18H21N. The van der Waals surface area contributed by atoms with Crippen LogP contribution in [-0.2, 0) is 0 Å². The smallest absolute Gasteiger partial charge is 0.0329 e. The molecule has 0 spiro atoms. The number of benzene rings is 2. The zero-order chi connectivity index (χ0) is 13.0. The van der Waals surface area contributed by atoms with E-state index in [0.29, 0.717) is 5.92 Å². The molecule has 0 bridgehead atoms. The standard InChI is InChI=1S/C18H21N/c1-11-6-7-17(16-5-3-2-4-15(11)16)18(19)14-9-12-8-13(12)10-14/h2-7,12-14,18H,8-10,19H2,1H3. The van der Waals surface area contributed by atoms with Crippen LogP contribution in [0.1, 0.15) is 36.4 Å². The van der Waals surface area contributed by atoms with Crippen LogP contribution in [0, 0.1) is 24.7 Å². The lowest BCUT2D eigenvalue weighted by Crippen LogP contribution is -2.20. The van der Waals surface area contributed by atoms with Crippen molar-refractivity contribution in [2.24, 2.45) is 23.5 Å². The summed E-state index contributed by atoms with van der Waals surface area (Å²) in [6, 6.07) is 13.4. The third-order valence-corrected chi connectivity index (χ3v) is 5.32. The van der Waals surface area contributed by atoms with Crippen LogP contribution >= 0.6 is 0 Å². The Bertz CT molecular complexity index is 621. The van der Waals surface area contributed by atoms with Gasteiger partial charge in [0.1, 0.15) is 0 Å². The van der Waals surface area contributed by atoms with Crippen LogP contribution in [0.2, 0.25) is 0 Å². The number of hydrogen-bond acceptors (Lipinski definition) is 1. The van der Waals surface area contributed by atoms with E-state index in [1.807, 2.05) is 0 Å². The fourth-order valence-electron chi connectivity index (χ4n) is 4.07. The molecule has 19 heavy (non-hydrogen) atoms. The average Bonchev–Trinajstić information content (AvgIpc) is 3.05. The monoisotopic (exact) mass is 251 g/mol. The van der Waals surface area contributed by atoms with Crippen LogP contribution in [-0.4, -0.2) is 0 Å². The molecule has 2 aromatic rings. The van der Waals surface area contributed by atoms with Crippen LogP contribution in [0.3, 0.4) is 0 Å². The maximum atomic E-state index is 6.60. The highest BCUT2D eigenvalue weighted by Gasteiger charge is 2.47. The summed E-state index contributed by atoms with van der Waals surface area (Å²) >= 11 is 0. The Morgan fingerprint density at radius 1 is 0.947 bits per heavy atom. The molecule has 0 saturated heterocycles. The molecule has 0 aliphatic heterocycles. The van der Waals surface area contributed by atoms with E-state index in [1.165, 1.54) is 41.2 Å². The molecule has 1 nitrogen and oxygen atoms in total. The van der Waals surface area contributed by atoms with Gasteiger partial charge in [-0.2, -0.15) is 0 Å². The van der Waals surface area contributed by atoms with Crippen molar-refractivity contribution in [2.75, 3.05) is 0 Å². The van der Waals surface area contributed by atoms with Gasteiger partial charge < -0.3 is 5.73 Å². The minimum atomic E-state index is 0.221. The lowest BCUT2D eigenvalue weighted by molar-refractivity contribution is 0.406. The first-order valence-electron chi connectivity index (χ1n) is 7.48. The molecule has 98 valence electrons.